The maximum atomic E-state index is 12.9. The van der Waals surface area contributed by atoms with Crippen molar-refractivity contribution >= 4 is 11.9 Å². The highest BCUT2D eigenvalue weighted by Crippen LogP contribution is 2.34. The average molecular weight is 865 g/mol. The molecule has 4 aromatic carbocycles. The second kappa shape index (κ2) is 23.6. The predicted molar refractivity (Wildman–Crippen MR) is 236 cm³/mol. The highest BCUT2D eigenvalue weighted by Gasteiger charge is 2.47. The maximum Gasteiger partial charge on any atom is 0.338 e. The van der Waals surface area contributed by atoms with Crippen LogP contribution < -0.4 is 0 Å². The molecule has 4 aromatic rings. The Balaban J connectivity index is 0.000000228. The third-order valence-electron chi connectivity index (χ3n) is 11.0. The number of benzene rings is 4. The molecule has 336 valence electrons. The first kappa shape index (κ1) is 47.5. The van der Waals surface area contributed by atoms with Gasteiger partial charge in [0.1, 0.15) is 37.1 Å². The van der Waals surface area contributed by atoms with Crippen LogP contribution in [-0.2, 0) is 51.1 Å². The van der Waals surface area contributed by atoms with E-state index in [-0.39, 0.29) is 37.9 Å². The van der Waals surface area contributed by atoms with E-state index in [1.54, 1.807) is 72.8 Å². The zero-order chi connectivity index (χ0) is 44.6. The number of hydrogen-bond donors (Lipinski definition) is 2. The lowest BCUT2D eigenvalue weighted by Crippen LogP contribution is -2.38. The van der Waals surface area contributed by atoms with Gasteiger partial charge in [0.2, 0.25) is 0 Å². The van der Waals surface area contributed by atoms with E-state index in [0.717, 1.165) is 11.1 Å². The normalized spacial score (nSPS) is 26.5. The van der Waals surface area contributed by atoms with Crippen molar-refractivity contribution in [1.82, 2.24) is 0 Å². The monoisotopic (exact) mass is 864 g/mol. The van der Waals surface area contributed by atoms with Gasteiger partial charge in [0.25, 0.3) is 0 Å². The Labute approximate surface area is 370 Å². The standard InChI is InChI=1S/C31H32O7.C20H28O5/c1-2-12-26-28(32)29(35-20-22-13-6-3-7-14-22)27(38-26)19-25(37-31(34)24-17-10-5-11-18-24)21-36-30(33)23-15-8-4-9-16-23;1-4-8-16-18(21)19(22-12-14-9-6-5-7-10-14)17(24-16)11-15-13-23-20(2,3)25-15/h2-11,13-18,25-29,32H,1,12,19-21H2;4-7,9-10,15-19,21H,1,8,11-13H2,2-3H3/t25-,26+,27-,28+,29+;15?,16-,17+,18-,19-/m10/s1. The van der Waals surface area contributed by atoms with Crippen molar-refractivity contribution in [3.8, 4) is 0 Å². The summed E-state index contributed by atoms with van der Waals surface area (Å²) in [6, 6.07) is 36.7. The van der Waals surface area contributed by atoms with Gasteiger partial charge in [-0.05, 0) is 62.1 Å². The third kappa shape index (κ3) is 14.0. The molecule has 0 spiro atoms. The molecule has 0 radical (unpaired) electrons. The van der Waals surface area contributed by atoms with E-state index in [4.69, 9.17) is 37.9 Å². The van der Waals surface area contributed by atoms with Gasteiger partial charge in [-0.3, -0.25) is 0 Å². The fourth-order valence-electron chi connectivity index (χ4n) is 7.84. The van der Waals surface area contributed by atoms with E-state index in [0.29, 0.717) is 43.6 Å². The van der Waals surface area contributed by atoms with E-state index in [9.17, 15) is 19.8 Å². The molecule has 0 bridgehead atoms. The molecule has 3 aliphatic heterocycles. The lowest BCUT2D eigenvalue weighted by atomic mass is 10.0. The van der Waals surface area contributed by atoms with Gasteiger partial charge in [0, 0.05) is 12.8 Å². The Hall–Kier alpha value is -5.02. The minimum atomic E-state index is -0.904. The lowest BCUT2D eigenvalue weighted by molar-refractivity contribution is -0.145. The molecule has 10 atom stereocenters. The van der Waals surface area contributed by atoms with Crippen molar-refractivity contribution in [1.29, 1.82) is 0 Å². The van der Waals surface area contributed by atoms with E-state index in [1.807, 2.05) is 74.5 Å². The predicted octanol–water partition coefficient (Wildman–Crippen LogP) is 7.57. The molecule has 0 saturated carbocycles. The van der Waals surface area contributed by atoms with Crippen molar-refractivity contribution in [2.45, 2.75) is 120 Å². The Morgan fingerprint density at radius 1 is 0.683 bits per heavy atom. The summed E-state index contributed by atoms with van der Waals surface area (Å²) in [5.74, 6) is -1.64. The van der Waals surface area contributed by atoms with Crippen LogP contribution in [0, 0.1) is 0 Å². The number of aliphatic hydroxyl groups excluding tert-OH is 2. The van der Waals surface area contributed by atoms with Gasteiger partial charge < -0.3 is 48.1 Å². The summed E-state index contributed by atoms with van der Waals surface area (Å²) in [5, 5.41) is 21.6. The summed E-state index contributed by atoms with van der Waals surface area (Å²) in [4.78, 5) is 25.5. The highest BCUT2D eigenvalue weighted by atomic mass is 16.7. The second-order valence-electron chi connectivity index (χ2n) is 16.3. The number of esters is 2. The van der Waals surface area contributed by atoms with E-state index in [2.05, 4.69) is 13.2 Å². The molecule has 0 amide bonds. The molecule has 3 fully saturated rings. The Morgan fingerprint density at radius 3 is 1.62 bits per heavy atom. The highest BCUT2D eigenvalue weighted by molar-refractivity contribution is 5.90. The van der Waals surface area contributed by atoms with Crippen LogP contribution in [0.3, 0.4) is 0 Å². The van der Waals surface area contributed by atoms with Crippen LogP contribution >= 0.6 is 0 Å². The minimum absolute atomic E-state index is 0.0579. The first-order chi connectivity index (χ1) is 30.5. The molecule has 7 rings (SSSR count). The SMILES string of the molecule is C=CC[C@@H]1O[C@H](CC2COC(C)(C)O2)[C@H](OCc2ccccc2)[C@H]1O.C=CC[C@@H]1O[C@H](C[C@H](COC(=O)c2ccccc2)OC(=O)c2ccccc2)[C@H](OCc2ccccc2)[C@H]1O. The number of carbonyl (C=O) groups is 2. The van der Waals surface area contributed by atoms with Crippen LogP contribution in [0.4, 0.5) is 0 Å². The molecule has 63 heavy (non-hydrogen) atoms. The first-order valence-electron chi connectivity index (χ1n) is 21.5. The topological polar surface area (TPSA) is 148 Å². The molecule has 3 saturated heterocycles. The molecule has 1 unspecified atom stereocenters. The first-order valence-corrected chi connectivity index (χ1v) is 21.5. The Kier molecular flexibility index (Phi) is 17.8. The summed E-state index contributed by atoms with van der Waals surface area (Å²) in [7, 11) is 0. The largest absolute Gasteiger partial charge is 0.458 e. The molecule has 3 heterocycles. The van der Waals surface area contributed by atoms with Crippen LogP contribution in [0.2, 0.25) is 0 Å². The Bertz CT molecular complexity index is 2000. The number of rotatable bonds is 19. The van der Waals surface area contributed by atoms with Gasteiger partial charge in [0.05, 0.1) is 61.5 Å². The van der Waals surface area contributed by atoms with Crippen LogP contribution in [0.1, 0.15) is 71.4 Å². The number of ether oxygens (including phenoxy) is 8. The maximum absolute atomic E-state index is 12.9. The lowest BCUT2D eigenvalue weighted by Gasteiger charge is -2.25. The van der Waals surface area contributed by atoms with Gasteiger partial charge in [-0.2, -0.15) is 0 Å². The van der Waals surface area contributed by atoms with Gasteiger partial charge >= 0.3 is 11.9 Å². The fraction of sp³-hybridized carbons (Fsp3) is 0.412. The van der Waals surface area contributed by atoms with Crippen molar-refractivity contribution in [2.24, 2.45) is 0 Å². The van der Waals surface area contributed by atoms with Crippen molar-refractivity contribution in [3.63, 3.8) is 0 Å². The van der Waals surface area contributed by atoms with Gasteiger partial charge in [-0.15, -0.1) is 13.2 Å². The summed E-state index contributed by atoms with van der Waals surface area (Å²) in [6.45, 7) is 12.4. The third-order valence-corrected chi connectivity index (χ3v) is 11.0. The quantitative estimate of drug-likeness (QED) is 0.0708. The van der Waals surface area contributed by atoms with Gasteiger partial charge in [-0.25, -0.2) is 9.59 Å². The summed E-state index contributed by atoms with van der Waals surface area (Å²) < 4.78 is 47.2. The molecular formula is C51H60O12. The number of carbonyl (C=O) groups excluding carboxylic acids is 2. The van der Waals surface area contributed by atoms with E-state index < -0.39 is 60.5 Å². The molecule has 12 nitrogen and oxygen atoms in total. The van der Waals surface area contributed by atoms with Crippen LogP contribution in [0.15, 0.2) is 147 Å². The molecule has 12 heteroatoms. The average Bonchev–Trinajstić information content (AvgIpc) is 3.91. The zero-order valence-corrected chi connectivity index (χ0v) is 36.0. The summed E-state index contributed by atoms with van der Waals surface area (Å²) in [6.07, 6.45) is 0.0664. The van der Waals surface area contributed by atoms with Crippen molar-refractivity contribution in [2.75, 3.05) is 13.2 Å². The van der Waals surface area contributed by atoms with E-state index >= 15 is 0 Å². The molecule has 0 aliphatic carbocycles. The number of aliphatic hydroxyl groups is 2. The zero-order valence-electron chi connectivity index (χ0n) is 36.0. The van der Waals surface area contributed by atoms with Gasteiger partial charge in [-0.1, -0.05) is 109 Å². The van der Waals surface area contributed by atoms with E-state index in [1.165, 1.54) is 0 Å². The smallest absolute Gasteiger partial charge is 0.338 e. The molecular weight excluding hydrogens is 805 g/mol. The van der Waals surface area contributed by atoms with Gasteiger partial charge in [0.15, 0.2) is 5.79 Å². The summed E-state index contributed by atoms with van der Waals surface area (Å²) >= 11 is 0. The second-order valence-corrected chi connectivity index (χ2v) is 16.3. The Morgan fingerprint density at radius 2 is 1.14 bits per heavy atom. The van der Waals surface area contributed by atoms with Crippen LogP contribution in [0.25, 0.3) is 0 Å². The van der Waals surface area contributed by atoms with Crippen LogP contribution in [0.5, 0.6) is 0 Å². The van der Waals surface area contributed by atoms with Crippen molar-refractivity contribution < 1.29 is 57.7 Å². The molecule has 0 aromatic heterocycles. The van der Waals surface area contributed by atoms with Crippen LogP contribution in [-0.4, -0.2) is 102 Å². The van der Waals surface area contributed by atoms with Crippen molar-refractivity contribution in [3.05, 3.63) is 169 Å². The molecule has 2 N–H and O–H groups in total. The summed E-state index contributed by atoms with van der Waals surface area (Å²) in [5.41, 5.74) is 2.79. The minimum Gasteiger partial charge on any atom is -0.458 e. The number of hydrogen-bond acceptors (Lipinski definition) is 12. The fourth-order valence-corrected chi connectivity index (χ4v) is 7.84. The molecule has 3 aliphatic rings.